The molecule has 1 aliphatic heterocycles. The van der Waals surface area contributed by atoms with Crippen LogP contribution in [0, 0.1) is 0 Å². The van der Waals surface area contributed by atoms with Gasteiger partial charge in [0.25, 0.3) is 5.91 Å². The van der Waals surface area contributed by atoms with Gasteiger partial charge in [-0.3, -0.25) is 4.79 Å². The number of fused-ring (bicyclic) bond motifs is 1. The van der Waals surface area contributed by atoms with Crippen molar-refractivity contribution in [3.63, 3.8) is 0 Å². The molecular formula is C18H16BrNO5. The number of nitrogens with one attached hydrogen (secondary N) is 1. The zero-order valence-electron chi connectivity index (χ0n) is 13.4. The molecule has 2 aromatic carbocycles. The van der Waals surface area contributed by atoms with Gasteiger partial charge < -0.3 is 19.5 Å². The highest BCUT2D eigenvalue weighted by molar-refractivity contribution is 9.10. The van der Waals surface area contributed by atoms with Crippen LogP contribution in [-0.2, 0) is 14.3 Å². The molecule has 7 heteroatoms. The Balaban J connectivity index is 1.56. The number of hydrogen-bond donors (Lipinski definition) is 1. The molecule has 0 saturated carbocycles. The molecule has 1 heterocycles. The number of carbonyl (C=O) groups excluding carboxylic acids is 2. The number of ether oxygens (including phenoxy) is 3. The molecule has 0 unspecified atom stereocenters. The second kappa shape index (κ2) is 7.57. The lowest BCUT2D eigenvalue weighted by atomic mass is 10.2. The SMILES string of the molecule is C[C@H](OC(=O)[C@@H]1COc2ccccc2O1)C(=O)Nc1cccc(Br)c1. The van der Waals surface area contributed by atoms with E-state index >= 15 is 0 Å². The number of anilines is 1. The minimum absolute atomic E-state index is 0.0375. The van der Waals surface area contributed by atoms with Gasteiger partial charge in [0, 0.05) is 10.2 Å². The van der Waals surface area contributed by atoms with E-state index < -0.39 is 24.1 Å². The van der Waals surface area contributed by atoms with Crippen molar-refractivity contribution in [2.75, 3.05) is 11.9 Å². The minimum atomic E-state index is -0.966. The Hall–Kier alpha value is -2.54. The molecule has 1 N–H and O–H groups in total. The molecule has 2 aromatic rings. The number of esters is 1. The molecule has 3 rings (SSSR count). The monoisotopic (exact) mass is 405 g/mol. The van der Waals surface area contributed by atoms with Crippen molar-refractivity contribution in [2.24, 2.45) is 0 Å². The smallest absolute Gasteiger partial charge is 0.351 e. The molecule has 0 fully saturated rings. The first-order chi connectivity index (χ1) is 12.0. The van der Waals surface area contributed by atoms with Crippen LogP contribution in [0.4, 0.5) is 5.69 Å². The van der Waals surface area contributed by atoms with E-state index in [4.69, 9.17) is 14.2 Å². The molecule has 130 valence electrons. The summed E-state index contributed by atoms with van der Waals surface area (Å²) in [5, 5.41) is 2.69. The zero-order valence-corrected chi connectivity index (χ0v) is 15.0. The number of rotatable bonds is 4. The van der Waals surface area contributed by atoms with Gasteiger partial charge in [-0.2, -0.15) is 0 Å². The van der Waals surface area contributed by atoms with E-state index in [-0.39, 0.29) is 6.61 Å². The Morgan fingerprint density at radius 3 is 2.72 bits per heavy atom. The van der Waals surface area contributed by atoms with Crippen molar-refractivity contribution < 1.29 is 23.8 Å². The number of benzene rings is 2. The number of carbonyl (C=O) groups is 2. The third kappa shape index (κ3) is 4.30. The fourth-order valence-electron chi connectivity index (χ4n) is 2.25. The Labute approximate surface area is 153 Å². The van der Waals surface area contributed by atoms with Crippen molar-refractivity contribution >= 4 is 33.5 Å². The average molecular weight is 406 g/mol. The van der Waals surface area contributed by atoms with Crippen LogP contribution in [-0.4, -0.2) is 30.7 Å². The zero-order chi connectivity index (χ0) is 17.8. The van der Waals surface area contributed by atoms with E-state index in [2.05, 4.69) is 21.2 Å². The second-order valence-electron chi connectivity index (χ2n) is 5.44. The maximum Gasteiger partial charge on any atom is 0.351 e. The van der Waals surface area contributed by atoms with Gasteiger partial charge in [0.2, 0.25) is 6.10 Å². The third-order valence-electron chi connectivity index (χ3n) is 3.53. The Kier molecular flexibility index (Phi) is 5.23. The minimum Gasteiger partial charge on any atom is -0.485 e. The first-order valence-electron chi connectivity index (χ1n) is 7.68. The van der Waals surface area contributed by atoms with Crippen molar-refractivity contribution in [3.05, 3.63) is 53.0 Å². The summed E-state index contributed by atoms with van der Waals surface area (Å²) in [6, 6.07) is 14.2. The molecular weight excluding hydrogens is 390 g/mol. The molecule has 1 aliphatic rings. The molecule has 0 radical (unpaired) electrons. The van der Waals surface area contributed by atoms with Gasteiger partial charge in [-0.05, 0) is 37.3 Å². The van der Waals surface area contributed by atoms with Crippen molar-refractivity contribution in [1.29, 1.82) is 0 Å². The van der Waals surface area contributed by atoms with Gasteiger partial charge in [0.1, 0.15) is 6.61 Å². The summed E-state index contributed by atoms with van der Waals surface area (Å²) in [6.07, 6.45) is -1.87. The van der Waals surface area contributed by atoms with Crippen LogP contribution >= 0.6 is 15.9 Å². The standard InChI is InChI=1S/C18H16BrNO5/c1-11(17(21)20-13-6-4-5-12(19)9-13)24-18(22)16-10-23-14-7-2-3-8-15(14)25-16/h2-9,11,16H,10H2,1H3,(H,20,21)/t11-,16-/m0/s1. The first kappa shape index (κ1) is 17.3. The summed E-state index contributed by atoms with van der Waals surface area (Å²) in [5.41, 5.74) is 0.605. The van der Waals surface area contributed by atoms with Crippen LogP contribution in [0.25, 0.3) is 0 Å². The molecule has 0 bridgehead atoms. The van der Waals surface area contributed by atoms with Crippen LogP contribution in [0.5, 0.6) is 11.5 Å². The number of hydrogen-bond acceptors (Lipinski definition) is 5. The molecule has 0 aromatic heterocycles. The third-order valence-corrected chi connectivity index (χ3v) is 4.02. The molecule has 0 saturated heterocycles. The fraction of sp³-hybridized carbons (Fsp3) is 0.222. The lowest BCUT2D eigenvalue weighted by Gasteiger charge is -2.25. The maximum atomic E-state index is 12.2. The Morgan fingerprint density at radius 1 is 1.20 bits per heavy atom. The summed E-state index contributed by atoms with van der Waals surface area (Å²) >= 11 is 3.33. The average Bonchev–Trinajstić information content (AvgIpc) is 2.61. The summed E-state index contributed by atoms with van der Waals surface area (Å²) in [5.74, 6) is -0.0242. The molecule has 6 nitrogen and oxygen atoms in total. The van der Waals surface area contributed by atoms with Gasteiger partial charge in [0.15, 0.2) is 17.6 Å². The first-order valence-corrected chi connectivity index (χ1v) is 8.47. The highest BCUT2D eigenvalue weighted by atomic mass is 79.9. The largest absolute Gasteiger partial charge is 0.485 e. The van der Waals surface area contributed by atoms with Crippen LogP contribution < -0.4 is 14.8 Å². The quantitative estimate of drug-likeness (QED) is 0.790. The lowest BCUT2D eigenvalue weighted by Crippen LogP contribution is -2.41. The fourth-order valence-corrected chi connectivity index (χ4v) is 2.65. The van der Waals surface area contributed by atoms with E-state index in [0.717, 1.165) is 4.47 Å². The lowest BCUT2D eigenvalue weighted by molar-refractivity contribution is -0.162. The summed E-state index contributed by atoms with van der Waals surface area (Å²) in [7, 11) is 0. The van der Waals surface area contributed by atoms with Gasteiger partial charge in [0.05, 0.1) is 0 Å². The van der Waals surface area contributed by atoms with Crippen LogP contribution in [0.2, 0.25) is 0 Å². The number of para-hydroxylation sites is 2. The Bertz CT molecular complexity index is 795. The molecule has 0 aliphatic carbocycles. The normalized spacial score (nSPS) is 16.6. The predicted octanol–water partition coefficient (Wildman–Crippen LogP) is 3.16. The highest BCUT2D eigenvalue weighted by Gasteiger charge is 2.31. The summed E-state index contributed by atoms with van der Waals surface area (Å²) < 4.78 is 17.1. The highest BCUT2D eigenvalue weighted by Crippen LogP contribution is 2.31. The second-order valence-corrected chi connectivity index (χ2v) is 6.36. The molecule has 2 atom stereocenters. The molecule has 25 heavy (non-hydrogen) atoms. The van der Waals surface area contributed by atoms with E-state index in [0.29, 0.717) is 17.2 Å². The van der Waals surface area contributed by atoms with E-state index in [1.54, 1.807) is 36.4 Å². The topological polar surface area (TPSA) is 73.9 Å². The van der Waals surface area contributed by atoms with Crippen molar-refractivity contribution in [3.8, 4) is 11.5 Å². The number of amides is 1. The van der Waals surface area contributed by atoms with Gasteiger partial charge in [-0.25, -0.2) is 4.79 Å². The predicted molar refractivity (Wildman–Crippen MR) is 94.7 cm³/mol. The van der Waals surface area contributed by atoms with E-state index in [9.17, 15) is 9.59 Å². The summed E-state index contributed by atoms with van der Waals surface area (Å²) in [4.78, 5) is 24.4. The van der Waals surface area contributed by atoms with Gasteiger partial charge in [-0.1, -0.05) is 34.1 Å². The van der Waals surface area contributed by atoms with E-state index in [1.807, 2.05) is 12.1 Å². The van der Waals surface area contributed by atoms with Crippen LogP contribution in [0.15, 0.2) is 53.0 Å². The van der Waals surface area contributed by atoms with Gasteiger partial charge in [-0.15, -0.1) is 0 Å². The van der Waals surface area contributed by atoms with Crippen molar-refractivity contribution in [2.45, 2.75) is 19.1 Å². The van der Waals surface area contributed by atoms with Gasteiger partial charge >= 0.3 is 5.97 Å². The van der Waals surface area contributed by atoms with Crippen LogP contribution in [0.1, 0.15) is 6.92 Å². The Morgan fingerprint density at radius 2 is 1.96 bits per heavy atom. The molecule has 1 amide bonds. The van der Waals surface area contributed by atoms with E-state index in [1.165, 1.54) is 6.92 Å². The molecule has 0 spiro atoms. The van der Waals surface area contributed by atoms with Crippen LogP contribution in [0.3, 0.4) is 0 Å². The maximum absolute atomic E-state index is 12.2. The van der Waals surface area contributed by atoms with Crippen molar-refractivity contribution in [1.82, 2.24) is 0 Å². The number of halogens is 1. The summed E-state index contributed by atoms with van der Waals surface area (Å²) in [6.45, 7) is 1.54.